The van der Waals surface area contributed by atoms with E-state index in [0.717, 1.165) is 49.0 Å². The smallest absolute Gasteiger partial charge is 0.324 e. The highest BCUT2D eigenvalue weighted by atomic mass is 16.2. The SMILES string of the molecule is Cc1ccc(-n2nc(C(C)(C)C)cc2NC(=O)Nc2ccc(CC3CC4CCC(C3)N4C(=O)CN(C)C(=N)N)cc2)cc1. The molecule has 10 nitrogen and oxygen atoms in total. The molecule has 3 heterocycles. The fraction of sp³-hybridized carbons (Fsp3) is 0.455. The van der Waals surface area contributed by atoms with Crippen LogP contribution in [0.15, 0.2) is 54.6 Å². The number of guanidine groups is 1. The number of rotatable bonds is 7. The number of hydrogen-bond donors (Lipinski definition) is 4. The Bertz CT molecular complexity index is 1460. The zero-order chi connectivity index (χ0) is 30.9. The minimum Gasteiger partial charge on any atom is -0.370 e. The molecule has 3 aromatic rings. The lowest BCUT2D eigenvalue weighted by atomic mass is 9.85. The van der Waals surface area contributed by atoms with Gasteiger partial charge in [-0.2, -0.15) is 5.10 Å². The third-order valence-corrected chi connectivity index (χ3v) is 8.64. The Morgan fingerprint density at radius 2 is 1.65 bits per heavy atom. The molecule has 10 heteroatoms. The van der Waals surface area contributed by atoms with E-state index < -0.39 is 0 Å². The molecule has 2 saturated heterocycles. The Morgan fingerprint density at radius 3 is 2.23 bits per heavy atom. The number of nitrogens with one attached hydrogen (secondary N) is 3. The van der Waals surface area contributed by atoms with Gasteiger partial charge in [0.05, 0.1) is 17.9 Å². The minimum absolute atomic E-state index is 0.0638. The van der Waals surface area contributed by atoms with Crippen molar-refractivity contribution >= 4 is 29.4 Å². The van der Waals surface area contributed by atoms with Crippen molar-refractivity contribution < 1.29 is 9.59 Å². The van der Waals surface area contributed by atoms with Gasteiger partial charge in [0, 0.05) is 36.3 Å². The summed E-state index contributed by atoms with van der Waals surface area (Å²) in [6.07, 6.45) is 4.99. The lowest BCUT2D eigenvalue weighted by Crippen LogP contribution is -2.51. The van der Waals surface area contributed by atoms with Crippen LogP contribution in [0.5, 0.6) is 0 Å². The number of benzene rings is 2. The van der Waals surface area contributed by atoms with Crippen molar-refractivity contribution in [3.63, 3.8) is 0 Å². The molecule has 0 radical (unpaired) electrons. The molecule has 2 aliphatic rings. The van der Waals surface area contributed by atoms with Crippen molar-refractivity contribution in [3.05, 3.63) is 71.4 Å². The number of aromatic nitrogens is 2. The normalized spacial score (nSPS) is 19.7. The number of nitrogens with two attached hydrogens (primary N) is 1. The third kappa shape index (κ3) is 7.01. The van der Waals surface area contributed by atoms with E-state index in [2.05, 4.69) is 48.4 Å². The first-order chi connectivity index (χ1) is 20.4. The summed E-state index contributed by atoms with van der Waals surface area (Å²) in [4.78, 5) is 29.5. The Kier molecular flexibility index (Phi) is 8.48. The van der Waals surface area contributed by atoms with E-state index >= 15 is 0 Å². The highest BCUT2D eigenvalue weighted by Crippen LogP contribution is 2.40. The van der Waals surface area contributed by atoms with Crippen LogP contribution < -0.4 is 16.4 Å². The largest absolute Gasteiger partial charge is 0.370 e. The predicted octanol–water partition coefficient (Wildman–Crippen LogP) is 5.26. The topological polar surface area (TPSA) is 132 Å². The van der Waals surface area contributed by atoms with E-state index in [9.17, 15) is 9.59 Å². The van der Waals surface area contributed by atoms with E-state index in [1.54, 1.807) is 11.7 Å². The molecule has 228 valence electrons. The summed E-state index contributed by atoms with van der Waals surface area (Å²) in [6, 6.07) is 18.2. The molecule has 2 atom stereocenters. The van der Waals surface area contributed by atoms with Gasteiger partial charge in [0.2, 0.25) is 5.91 Å². The average molecular weight is 585 g/mol. The molecule has 1 aromatic heterocycles. The van der Waals surface area contributed by atoms with Gasteiger partial charge in [-0.05, 0) is 74.8 Å². The Hall–Kier alpha value is -4.34. The van der Waals surface area contributed by atoms with Crippen LogP contribution in [0.2, 0.25) is 0 Å². The molecule has 0 aliphatic carbocycles. The number of fused-ring (bicyclic) bond motifs is 2. The number of hydrogen-bond acceptors (Lipinski definition) is 4. The van der Waals surface area contributed by atoms with Crippen molar-refractivity contribution in [3.8, 4) is 5.69 Å². The van der Waals surface area contributed by atoms with Gasteiger partial charge in [0.15, 0.2) is 5.96 Å². The van der Waals surface area contributed by atoms with Crippen LogP contribution >= 0.6 is 0 Å². The number of carbonyl (C=O) groups excluding carboxylic acids is 2. The number of anilines is 2. The van der Waals surface area contributed by atoms with Gasteiger partial charge in [-0.1, -0.05) is 50.6 Å². The standard InChI is InChI=1S/C33H44N8O2/c1-21-6-12-25(13-7-21)41-29(19-28(38-41)33(2,3)4)37-32(43)36-24-10-8-22(9-11-24)16-23-17-26-14-15-27(18-23)40(26)30(42)20-39(5)31(34)35/h6-13,19,23,26-27H,14-18,20H2,1-5H3,(H3,34,35)(H2,36,37,43). The van der Waals surface area contributed by atoms with Crippen LogP contribution in [-0.2, 0) is 16.6 Å². The van der Waals surface area contributed by atoms with Crippen molar-refractivity contribution in [1.82, 2.24) is 19.6 Å². The van der Waals surface area contributed by atoms with Gasteiger partial charge >= 0.3 is 6.03 Å². The van der Waals surface area contributed by atoms with E-state index in [1.165, 1.54) is 10.5 Å². The summed E-state index contributed by atoms with van der Waals surface area (Å²) >= 11 is 0. The molecular weight excluding hydrogens is 540 g/mol. The first kappa shape index (κ1) is 30.1. The molecule has 0 spiro atoms. The highest BCUT2D eigenvalue weighted by Gasteiger charge is 2.43. The van der Waals surface area contributed by atoms with Gasteiger partial charge in [-0.3, -0.25) is 15.5 Å². The number of aryl methyl sites for hydroxylation is 1. The summed E-state index contributed by atoms with van der Waals surface area (Å²) < 4.78 is 1.77. The first-order valence-electron chi connectivity index (χ1n) is 15.1. The maximum absolute atomic E-state index is 13.0. The minimum atomic E-state index is -0.328. The van der Waals surface area contributed by atoms with Crippen LogP contribution in [-0.4, -0.2) is 63.2 Å². The maximum atomic E-state index is 13.0. The number of amides is 3. The van der Waals surface area contributed by atoms with Crippen LogP contribution in [0.3, 0.4) is 0 Å². The molecule has 5 N–H and O–H groups in total. The zero-order valence-corrected chi connectivity index (χ0v) is 25.9. The van der Waals surface area contributed by atoms with E-state index in [1.807, 2.05) is 49.4 Å². The molecular formula is C33H44N8O2. The van der Waals surface area contributed by atoms with Crippen molar-refractivity contribution in [1.29, 1.82) is 5.41 Å². The van der Waals surface area contributed by atoms with Gasteiger partial charge in [-0.15, -0.1) is 0 Å². The molecule has 5 rings (SSSR count). The quantitative estimate of drug-likeness (QED) is 0.222. The second-order valence-corrected chi connectivity index (χ2v) is 13.2. The maximum Gasteiger partial charge on any atom is 0.324 e. The third-order valence-electron chi connectivity index (χ3n) is 8.64. The van der Waals surface area contributed by atoms with Crippen molar-refractivity contribution in [2.45, 2.75) is 77.3 Å². The van der Waals surface area contributed by atoms with Gasteiger partial charge in [0.1, 0.15) is 5.82 Å². The van der Waals surface area contributed by atoms with E-state index in [0.29, 0.717) is 17.4 Å². The molecule has 2 bridgehead atoms. The lowest BCUT2D eigenvalue weighted by Gasteiger charge is -2.40. The number of carbonyl (C=O) groups is 2. The second kappa shape index (κ2) is 12.1. The summed E-state index contributed by atoms with van der Waals surface area (Å²) in [6.45, 7) is 8.50. The van der Waals surface area contributed by atoms with Crippen LogP contribution in [0, 0.1) is 18.3 Å². The van der Waals surface area contributed by atoms with Crippen LogP contribution in [0.4, 0.5) is 16.3 Å². The summed E-state index contributed by atoms with van der Waals surface area (Å²) in [5, 5.41) is 18.3. The van der Waals surface area contributed by atoms with E-state index in [4.69, 9.17) is 16.2 Å². The van der Waals surface area contributed by atoms with Crippen molar-refractivity contribution in [2.75, 3.05) is 24.2 Å². The Morgan fingerprint density at radius 1 is 1.02 bits per heavy atom. The second-order valence-electron chi connectivity index (χ2n) is 13.2. The molecule has 2 unspecified atom stereocenters. The summed E-state index contributed by atoms with van der Waals surface area (Å²) in [5.74, 6) is 1.09. The van der Waals surface area contributed by atoms with Crippen LogP contribution in [0.25, 0.3) is 5.69 Å². The molecule has 2 aromatic carbocycles. The summed E-state index contributed by atoms with van der Waals surface area (Å²) in [5.41, 5.74) is 10.2. The lowest BCUT2D eigenvalue weighted by molar-refractivity contribution is -0.136. The van der Waals surface area contributed by atoms with Crippen molar-refractivity contribution in [2.24, 2.45) is 11.7 Å². The van der Waals surface area contributed by atoms with Gasteiger partial charge < -0.3 is 20.9 Å². The van der Waals surface area contributed by atoms with Gasteiger partial charge in [0.25, 0.3) is 0 Å². The van der Waals surface area contributed by atoms with E-state index in [-0.39, 0.29) is 41.9 Å². The van der Waals surface area contributed by atoms with Crippen LogP contribution in [0.1, 0.15) is 63.3 Å². The summed E-state index contributed by atoms with van der Waals surface area (Å²) in [7, 11) is 1.68. The number of likely N-dealkylation sites (N-methyl/N-ethyl adjacent to an activating group) is 1. The first-order valence-corrected chi connectivity index (χ1v) is 15.1. The fourth-order valence-electron chi connectivity index (χ4n) is 6.29. The number of piperidine rings is 1. The fourth-order valence-corrected chi connectivity index (χ4v) is 6.29. The zero-order valence-electron chi connectivity index (χ0n) is 25.9. The highest BCUT2D eigenvalue weighted by molar-refractivity contribution is 5.99. The molecule has 43 heavy (non-hydrogen) atoms. The number of urea groups is 1. The molecule has 2 fully saturated rings. The number of nitrogens with zero attached hydrogens (tertiary/aromatic N) is 4. The Balaban J connectivity index is 1.18. The average Bonchev–Trinajstić information content (AvgIpc) is 3.48. The monoisotopic (exact) mass is 584 g/mol. The molecule has 3 amide bonds. The van der Waals surface area contributed by atoms with Gasteiger partial charge in [-0.25, -0.2) is 9.48 Å². The molecule has 0 saturated carbocycles. The molecule has 2 aliphatic heterocycles. The predicted molar refractivity (Wildman–Crippen MR) is 171 cm³/mol. The Labute approximate surface area is 254 Å².